The van der Waals surface area contributed by atoms with Crippen LogP contribution >= 0.6 is 0 Å². The molecule has 0 aliphatic carbocycles. The van der Waals surface area contributed by atoms with Gasteiger partial charge in [-0.25, -0.2) is 0 Å². The number of ether oxygens (including phenoxy) is 1. The van der Waals surface area contributed by atoms with Crippen LogP contribution in [0.25, 0.3) is 0 Å². The van der Waals surface area contributed by atoms with Crippen molar-refractivity contribution in [3.05, 3.63) is 66.2 Å². The lowest BCUT2D eigenvalue weighted by Gasteiger charge is -2.09. The molecule has 3 amide bonds. The predicted octanol–water partition coefficient (Wildman–Crippen LogP) is 0.643. The van der Waals surface area contributed by atoms with Gasteiger partial charge in [-0.1, -0.05) is 36.4 Å². The highest BCUT2D eigenvalue weighted by atomic mass is 16.5. The molecule has 0 aromatic heterocycles. The minimum Gasteiger partial charge on any atom is -0.484 e. The zero-order valence-corrected chi connectivity index (χ0v) is 12.8. The number of carbonyl (C=O) groups is 3. The van der Waals surface area contributed by atoms with Gasteiger partial charge in [-0.3, -0.25) is 25.2 Å². The molecular formula is C17H17N3O4. The van der Waals surface area contributed by atoms with Crippen molar-refractivity contribution in [2.45, 2.75) is 0 Å². The molecule has 0 fully saturated rings. The molecule has 0 aliphatic rings. The van der Waals surface area contributed by atoms with Crippen LogP contribution in [0.3, 0.4) is 0 Å². The van der Waals surface area contributed by atoms with E-state index in [-0.39, 0.29) is 13.2 Å². The van der Waals surface area contributed by atoms with Gasteiger partial charge in [0.15, 0.2) is 6.61 Å². The van der Waals surface area contributed by atoms with Crippen molar-refractivity contribution < 1.29 is 19.1 Å². The van der Waals surface area contributed by atoms with Gasteiger partial charge in [0.05, 0.1) is 6.54 Å². The summed E-state index contributed by atoms with van der Waals surface area (Å²) in [4.78, 5) is 34.9. The molecule has 0 bridgehead atoms. The lowest BCUT2D eigenvalue weighted by molar-refractivity contribution is -0.127. The van der Waals surface area contributed by atoms with Crippen molar-refractivity contribution in [2.75, 3.05) is 13.2 Å². The topological polar surface area (TPSA) is 96.5 Å². The lowest BCUT2D eigenvalue weighted by atomic mass is 10.2. The first-order chi connectivity index (χ1) is 11.6. The lowest BCUT2D eigenvalue weighted by Crippen LogP contribution is -2.46. The minimum atomic E-state index is -0.549. The van der Waals surface area contributed by atoms with Crippen LogP contribution < -0.4 is 20.9 Å². The van der Waals surface area contributed by atoms with E-state index in [1.165, 1.54) is 0 Å². The van der Waals surface area contributed by atoms with Crippen LogP contribution in [0.1, 0.15) is 10.4 Å². The summed E-state index contributed by atoms with van der Waals surface area (Å²) in [5.74, 6) is -0.870. The summed E-state index contributed by atoms with van der Waals surface area (Å²) in [6, 6.07) is 17.3. The number of benzene rings is 2. The Labute approximate surface area is 139 Å². The second-order valence-electron chi connectivity index (χ2n) is 4.75. The highest BCUT2D eigenvalue weighted by molar-refractivity contribution is 5.95. The predicted molar refractivity (Wildman–Crippen MR) is 87.0 cm³/mol. The van der Waals surface area contributed by atoms with Gasteiger partial charge in [0.25, 0.3) is 17.7 Å². The quantitative estimate of drug-likeness (QED) is 0.679. The number of hydrogen-bond donors (Lipinski definition) is 3. The maximum atomic E-state index is 11.7. The van der Waals surface area contributed by atoms with Crippen molar-refractivity contribution in [3.8, 4) is 5.75 Å². The SMILES string of the molecule is O=C(COc1ccccc1)NCC(=O)NNC(=O)c1ccccc1. The summed E-state index contributed by atoms with van der Waals surface area (Å²) in [5.41, 5.74) is 4.89. The number of amides is 3. The van der Waals surface area contributed by atoms with E-state index in [9.17, 15) is 14.4 Å². The average molecular weight is 327 g/mol. The van der Waals surface area contributed by atoms with Gasteiger partial charge in [-0.2, -0.15) is 0 Å². The number of hydrazine groups is 1. The first kappa shape index (κ1) is 17.0. The molecule has 2 aromatic carbocycles. The Kier molecular flexibility index (Phi) is 6.34. The van der Waals surface area contributed by atoms with Gasteiger partial charge in [-0.15, -0.1) is 0 Å². The Morgan fingerprint density at radius 1 is 0.792 bits per heavy atom. The van der Waals surface area contributed by atoms with E-state index in [1.807, 2.05) is 6.07 Å². The third kappa shape index (κ3) is 5.80. The molecule has 0 radical (unpaired) electrons. The first-order valence-corrected chi connectivity index (χ1v) is 7.24. The molecule has 2 aromatic rings. The number of nitrogens with one attached hydrogen (secondary N) is 3. The van der Waals surface area contributed by atoms with Crippen molar-refractivity contribution in [1.82, 2.24) is 16.2 Å². The largest absolute Gasteiger partial charge is 0.484 e. The third-order valence-electron chi connectivity index (χ3n) is 2.91. The van der Waals surface area contributed by atoms with Crippen LogP contribution in [0, 0.1) is 0 Å². The molecule has 0 saturated heterocycles. The van der Waals surface area contributed by atoms with Crippen LogP contribution in [-0.2, 0) is 9.59 Å². The molecule has 2 rings (SSSR count). The van der Waals surface area contributed by atoms with Crippen LogP contribution in [0.5, 0.6) is 5.75 Å². The van der Waals surface area contributed by atoms with Gasteiger partial charge in [0.1, 0.15) is 5.75 Å². The monoisotopic (exact) mass is 327 g/mol. The molecule has 0 unspecified atom stereocenters. The highest BCUT2D eigenvalue weighted by Crippen LogP contribution is 2.07. The van der Waals surface area contributed by atoms with Crippen LogP contribution in [0.2, 0.25) is 0 Å². The van der Waals surface area contributed by atoms with Gasteiger partial charge in [0, 0.05) is 5.56 Å². The summed E-state index contributed by atoms with van der Waals surface area (Å²) in [5, 5.41) is 2.39. The number of hydrogen-bond acceptors (Lipinski definition) is 4. The second kappa shape index (κ2) is 8.94. The van der Waals surface area contributed by atoms with Crippen LogP contribution in [0.15, 0.2) is 60.7 Å². The Balaban J connectivity index is 1.64. The normalized spacial score (nSPS) is 9.67. The van der Waals surface area contributed by atoms with Gasteiger partial charge < -0.3 is 10.1 Å². The second-order valence-corrected chi connectivity index (χ2v) is 4.75. The van der Waals surface area contributed by atoms with Gasteiger partial charge in [-0.05, 0) is 24.3 Å². The smallest absolute Gasteiger partial charge is 0.269 e. The molecule has 0 aliphatic heterocycles. The highest BCUT2D eigenvalue weighted by Gasteiger charge is 2.08. The fourth-order valence-electron chi connectivity index (χ4n) is 1.73. The first-order valence-electron chi connectivity index (χ1n) is 7.24. The van der Waals surface area contributed by atoms with Crippen LogP contribution in [0.4, 0.5) is 0 Å². The van der Waals surface area contributed by atoms with Gasteiger partial charge in [0.2, 0.25) is 0 Å². The summed E-state index contributed by atoms with van der Waals surface area (Å²) in [6.45, 7) is -0.472. The summed E-state index contributed by atoms with van der Waals surface area (Å²) in [6.07, 6.45) is 0. The average Bonchev–Trinajstić information content (AvgIpc) is 2.64. The minimum absolute atomic E-state index is 0.201. The van der Waals surface area contributed by atoms with E-state index in [1.54, 1.807) is 54.6 Å². The zero-order valence-electron chi connectivity index (χ0n) is 12.8. The molecule has 0 saturated carbocycles. The molecule has 124 valence electrons. The van der Waals surface area contributed by atoms with Gasteiger partial charge >= 0.3 is 0 Å². The van der Waals surface area contributed by atoms with Crippen molar-refractivity contribution in [1.29, 1.82) is 0 Å². The molecule has 0 atom stereocenters. The van der Waals surface area contributed by atoms with Crippen molar-refractivity contribution in [3.63, 3.8) is 0 Å². The molecular weight excluding hydrogens is 310 g/mol. The summed E-state index contributed by atoms with van der Waals surface area (Å²) < 4.78 is 5.24. The molecule has 24 heavy (non-hydrogen) atoms. The molecule has 7 nitrogen and oxygen atoms in total. The summed E-state index contributed by atoms with van der Waals surface area (Å²) in [7, 11) is 0. The van der Waals surface area contributed by atoms with E-state index in [4.69, 9.17) is 4.74 Å². The molecule has 0 heterocycles. The molecule has 7 heteroatoms. The Bertz CT molecular complexity index is 689. The standard InChI is InChI=1S/C17H17N3O4/c21-15(19-20-17(23)13-7-3-1-4-8-13)11-18-16(22)12-24-14-9-5-2-6-10-14/h1-10H,11-12H2,(H,18,22)(H,19,21)(H,20,23). The van der Waals surface area contributed by atoms with E-state index in [0.29, 0.717) is 11.3 Å². The maximum Gasteiger partial charge on any atom is 0.269 e. The fraction of sp³-hybridized carbons (Fsp3) is 0.118. The number of para-hydroxylation sites is 1. The van der Waals surface area contributed by atoms with E-state index < -0.39 is 17.7 Å². The van der Waals surface area contributed by atoms with Crippen molar-refractivity contribution in [2.24, 2.45) is 0 Å². The Morgan fingerprint density at radius 2 is 1.42 bits per heavy atom. The number of carbonyl (C=O) groups excluding carboxylic acids is 3. The number of rotatable bonds is 6. The van der Waals surface area contributed by atoms with Crippen molar-refractivity contribution >= 4 is 17.7 Å². The summed E-state index contributed by atoms with van der Waals surface area (Å²) >= 11 is 0. The third-order valence-corrected chi connectivity index (χ3v) is 2.91. The van der Waals surface area contributed by atoms with E-state index >= 15 is 0 Å². The molecule has 0 spiro atoms. The fourth-order valence-corrected chi connectivity index (χ4v) is 1.73. The zero-order chi connectivity index (χ0) is 17.2. The maximum absolute atomic E-state index is 11.7. The van der Waals surface area contributed by atoms with E-state index in [0.717, 1.165) is 0 Å². The molecule has 3 N–H and O–H groups in total. The Hall–Kier alpha value is -3.35. The Morgan fingerprint density at radius 3 is 2.08 bits per heavy atom. The van der Waals surface area contributed by atoms with E-state index in [2.05, 4.69) is 16.2 Å². The van der Waals surface area contributed by atoms with Crippen LogP contribution in [-0.4, -0.2) is 30.9 Å².